The Labute approximate surface area is 688 Å². The number of ether oxygens (including phenoxy) is 1. The maximum absolute atomic E-state index is 12.8. The third-order valence-corrected chi connectivity index (χ3v) is 33.9. The minimum absolute atomic E-state index is 0.0687. The fourth-order valence-electron chi connectivity index (χ4n) is 23.2. The van der Waals surface area contributed by atoms with E-state index in [1.807, 2.05) is 12.1 Å². The highest BCUT2D eigenvalue weighted by Crippen LogP contribution is 2.62. The lowest BCUT2D eigenvalue weighted by atomic mass is 9.70. The number of aryl methyl sites for hydroxylation is 11. The van der Waals surface area contributed by atoms with E-state index < -0.39 is 8.07 Å². The van der Waals surface area contributed by atoms with Crippen molar-refractivity contribution >= 4 is 29.9 Å². The first kappa shape index (κ1) is 73.5. The average molecular weight is 1520 g/mol. The largest absolute Gasteiger partial charge is 0.492 e. The van der Waals surface area contributed by atoms with Gasteiger partial charge in [-0.05, 0) is 252 Å². The Hall–Kier alpha value is -11.4. The highest BCUT2D eigenvalue weighted by atomic mass is 28.3. The van der Waals surface area contributed by atoms with E-state index in [2.05, 4.69) is 347 Å². The number of nitrogens with zero attached hydrogens (tertiary/aromatic N) is 1. The van der Waals surface area contributed by atoms with Gasteiger partial charge in [0.2, 0.25) is 0 Å². The third-order valence-electron chi connectivity index (χ3n) is 28.6. The van der Waals surface area contributed by atoms with Gasteiger partial charge in [0.1, 0.15) is 20.4 Å². The summed E-state index contributed by atoms with van der Waals surface area (Å²) < 4.78 is 6.13. The van der Waals surface area contributed by atoms with E-state index in [4.69, 9.17) is 4.74 Å². The quantitative estimate of drug-likeness (QED) is 0.153. The van der Waals surface area contributed by atoms with Crippen molar-refractivity contribution in [3.8, 4) is 61.4 Å². The fourth-order valence-corrected chi connectivity index (χ4v) is 29.0. The van der Waals surface area contributed by atoms with Gasteiger partial charge in [-0.3, -0.25) is 4.79 Å². The number of rotatable bonds is 1. The average Bonchev–Trinajstić information content (AvgIpc) is 1.54. The molecule has 4 heteroatoms. The van der Waals surface area contributed by atoms with E-state index in [-0.39, 0.29) is 27.4 Å². The van der Waals surface area contributed by atoms with Gasteiger partial charge in [-0.15, -0.1) is 0 Å². The van der Waals surface area contributed by atoms with Crippen molar-refractivity contribution in [1.82, 2.24) is 0 Å². The number of hydrogen-bond donors (Lipinski definition) is 0. The van der Waals surface area contributed by atoms with E-state index in [1.165, 1.54) is 218 Å². The highest BCUT2D eigenvalue weighted by molar-refractivity contribution is 7.05. The van der Waals surface area contributed by atoms with Crippen LogP contribution >= 0.6 is 0 Å². The number of carbonyl (C=O) groups excluding carboxylic acids is 1. The van der Waals surface area contributed by atoms with Gasteiger partial charge in [0.25, 0.3) is 0 Å². The first-order valence-electron chi connectivity index (χ1n) is 42.8. The first-order valence-corrected chi connectivity index (χ1v) is 45.2. The molecule has 0 bridgehead atoms. The summed E-state index contributed by atoms with van der Waals surface area (Å²) in [7, 11) is -1.42. The Morgan fingerprint density at radius 3 is 1.10 bits per heavy atom. The summed E-state index contributed by atoms with van der Waals surface area (Å²) in [5.74, 6) is 1.28. The van der Waals surface area contributed by atoms with Gasteiger partial charge in [0.05, 0.1) is 10.8 Å². The molecule has 116 heavy (non-hydrogen) atoms. The SMILES string of the molecule is Cc1ccc2c(c1)C1(CC(=O)c3ccccc31)c1cc(C)ccc1-2.Cc1ccc2c(c1)C1(CCN(c3ccccc3)CC1)c1cc(C)ccc1-2.Cc1ccc2c(c1)C1(CCc3ccccc31)c1cc(C)ccc1-2.Cc1ccc2c(c1)C1(COc3ccccc31)c1cc(C)ccc1-2.Cc1ccc2c(c1)[Si]1(CCCCC1)c1cc(C)ccc1-2. The Balaban J connectivity index is 0.0000000937. The van der Waals surface area contributed by atoms with Gasteiger partial charge in [-0.2, -0.15) is 0 Å². The number of benzene rings is 14. The smallest absolute Gasteiger partial charge is 0.164 e. The molecule has 572 valence electrons. The molecular weight excluding hydrogens is 1420 g/mol. The molecule has 4 heterocycles. The molecule has 10 aliphatic rings. The molecule has 14 aromatic carbocycles. The minimum Gasteiger partial charge on any atom is -0.492 e. The molecule has 0 N–H and O–H groups in total. The summed E-state index contributed by atoms with van der Waals surface area (Å²) in [6, 6.07) is 109. The number of carbonyl (C=O) groups is 1. The van der Waals surface area contributed by atoms with Crippen LogP contribution in [0.3, 0.4) is 0 Å². The van der Waals surface area contributed by atoms with Crippen LogP contribution in [0.4, 0.5) is 5.69 Å². The van der Waals surface area contributed by atoms with E-state index >= 15 is 0 Å². The van der Waals surface area contributed by atoms with Crippen molar-refractivity contribution in [2.75, 3.05) is 24.6 Å². The second kappa shape index (κ2) is 28.2. The van der Waals surface area contributed by atoms with Gasteiger partial charge >= 0.3 is 0 Å². The van der Waals surface area contributed by atoms with Crippen molar-refractivity contribution < 1.29 is 9.53 Å². The van der Waals surface area contributed by atoms with E-state index in [0.29, 0.717) is 13.0 Å². The molecule has 4 aliphatic heterocycles. The molecule has 2 fully saturated rings. The van der Waals surface area contributed by atoms with Crippen LogP contribution in [0.5, 0.6) is 5.75 Å². The van der Waals surface area contributed by atoms with Gasteiger partial charge in [-0.25, -0.2) is 0 Å². The number of fused-ring (bicyclic) bond motifs is 31. The van der Waals surface area contributed by atoms with Crippen molar-refractivity contribution in [1.29, 1.82) is 0 Å². The molecule has 0 saturated carbocycles. The molecule has 6 aliphatic carbocycles. The Morgan fingerprint density at radius 2 is 0.647 bits per heavy atom. The van der Waals surface area contributed by atoms with Gasteiger partial charge in [-0.1, -0.05) is 342 Å². The number of piperidine rings is 1. The lowest BCUT2D eigenvalue weighted by Gasteiger charge is -2.42. The molecule has 3 nitrogen and oxygen atoms in total. The number of para-hydroxylation sites is 2. The van der Waals surface area contributed by atoms with Gasteiger partial charge < -0.3 is 9.64 Å². The molecule has 0 atom stereocenters. The highest BCUT2D eigenvalue weighted by Gasteiger charge is 2.54. The summed E-state index contributed by atoms with van der Waals surface area (Å²) in [6.45, 7) is 24.9. The second-order valence-electron chi connectivity index (χ2n) is 35.8. The number of Topliss-reactive ketones (excluding diaryl/α,β-unsaturated/α-hetero) is 1. The van der Waals surface area contributed by atoms with Crippen LogP contribution in [-0.4, -0.2) is 33.6 Å². The van der Waals surface area contributed by atoms with Crippen LogP contribution in [0.25, 0.3) is 55.6 Å². The molecular formula is C112H103NO2Si. The molecule has 14 aromatic rings. The summed E-state index contributed by atoms with van der Waals surface area (Å²) in [5.41, 5.74) is 46.7. The second-order valence-corrected chi connectivity index (χ2v) is 40.1. The molecule has 0 radical (unpaired) electrons. The molecule has 0 unspecified atom stereocenters. The maximum Gasteiger partial charge on any atom is 0.164 e. The first-order chi connectivity index (χ1) is 56.4. The Morgan fingerprint density at radius 1 is 0.293 bits per heavy atom. The van der Waals surface area contributed by atoms with E-state index in [0.717, 1.165) is 24.4 Å². The monoisotopic (exact) mass is 1520 g/mol. The number of ketones is 1. The van der Waals surface area contributed by atoms with Crippen molar-refractivity contribution in [3.63, 3.8) is 0 Å². The minimum atomic E-state index is -1.42. The van der Waals surface area contributed by atoms with Crippen LogP contribution in [0.2, 0.25) is 12.1 Å². The summed E-state index contributed by atoms with van der Waals surface area (Å²) in [6.07, 6.45) is 9.61. The van der Waals surface area contributed by atoms with Gasteiger partial charge in [0.15, 0.2) is 5.78 Å². The fraction of sp³-hybridized carbons (Fsp3) is 0.241. The zero-order valence-corrected chi connectivity index (χ0v) is 70.1. The normalized spacial score (nSPS) is 16.8. The van der Waals surface area contributed by atoms with Crippen molar-refractivity contribution in [2.24, 2.45) is 0 Å². The van der Waals surface area contributed by atoms with Crippen LogP contribution in [0.1, 0.15) is 178 Å². The molecule has 0 amide bonds. The third kappa shape index (κ3) is 11.4. The summed E-state index contributed by atoms with van der Waals surface area (Å²) >= 11 is 0. The Bertz CT molecular complexity index is 5930. The zero-order valence-electron chi connectivity index (χ0n) is 69.1. The molecule has 0 aromatic heterocycles. The topological polar surface area (TPSA) is 29.5 Å². The molecule has 24 rings (SSSR count). The predicted molar refractivity (Wildman–Crippen MR) is 486 cm³/mol. The Kier molecular flexibility index (Phi) is 17.9. The number of hydrogen-bond acceptors (Lipinski definition) is 3. The zero-order chi connectivity index (χ0) is 79.2. The van der Waals surface area contributed by atoms with Crippen LogP contribution in [0.15, 0.2) is 285 Å². The summed E-state index contributed by atoms with van der Waals surface area (Å²) in [5, 5.41) is 3.50. The van der Waals surface area contributed by atoms with Crippen molar-refractivity contribution in [3.05, 3.63) is 413 Å². The molecule has 5 spiro atoms. The van der Waals surface area contributed by atoms with Crippen LogP contribution in [-0.2, 0) is 28.1 Å². The van der Waals surface area contributed by atoms with Crippen molar-refractivity contribution in [2.45, 2.75) is 154 Å². The molecule has 2 saturated heterocycles. The van der Waals surface area contributed by atoms with Crippen LogP contribution < -0.4 is 20.0 Å². The van der Waals surface area contributed by atoms with E-state index in [1.54, 1.807) is 32.6 Å². The van der Waals surface area contributed by atoms with Gasteiger partial charge in [0, 0.05) is 47.2 Å². The standard InChI is InChI=1S/C25H25N.C23H18O.C23H20.C22H18O.C19H22Si/c1-18-8-10-21-22-11-9-19(2)17-24(22)25(23(21)16-18)12-14-26(15-13-25)20-6-4-3-5-7-20;1-14-7-9-16-17-10-8-15(2)12-21(17)23(20(16)11-14)13-22(24)18-5-3-4-6-19(18)23;1-15-7-9-18-19-10-8-16(2)14-22(19)23(21(18)13-15)12-11-17-5-3-4-6-20(17)23;1-14-7-9-16-17-10-8-15(2)12-20(17)22(19(16)11-14)13-23-21-6-4-3-5-18(21)22;1-14-6-8-16-17-9-7-15(2)13-19(17)20(18(16)12-14)10-4-3-5-11-20/h3-11,16-17H,12-15H2,1-2H3;3-12H,13H2,1-2H3;3-10,13-14H,11-12H2,1-2H3;3-12H,13H2,1-2H3;6-9,12-13H,3-5,10-11H2,1-2H3. The number of anilines is 1. The van der Waals surface area contributed by atoms with Crippen LogP contribution in [0, 0.1) is 69.2 Å². The van der Waals surface area contributed by atoms with E-state index in [9.17, 15) is 4.79 Å². The predicted octanol–water partition coefficient (Wildman–Crippen LogP) is 25.7. The summed E-state index contributed by atoms with van der Waals surface area (Å²) in [4.78, 5) is 15.4. The lowest BCUT2D eigenvalue weighted by Crippen LogP contribution is -2.56. The lowest BCUT2D eigenvalue weighted by molar-refractivity contribution is 0.0984. The maximum atomic E-state index is 12.8.